The lowest BCUT2D eigenvalue weighted by atomic mass is 10.0. The third-order valence-electron chi connectivity index (χ3n) is 4.77. The van der Waals surface area contributed by atoms with Crippen molar-refractivity contribution in [1.82, 2.24) is 9.38 Å². The van der Waals surface area contributed by atoms with E-state index < -0.39 is 11.9 Å². The van der Waals surface area contributed by atoms with Crippen LogP contribution in [0.5, 0.6) is 0 Å². The topological polar surface area (TPSA) is 72.7 Å². The van der Waals surface area contributed by atoms with Crippen LogP contribution in [0.3, 0.4) is 0 Å². The number of nitrogens with zero attached hydrogens (tertiary/aromatic N) is 2. The van der Waals surface area contributed by atoms with Crippen molar-refractivity contribution in [3.05, 3.63) is 75.5 Å². The summed E-state index contributed by atoms with van der Waals surface area (Å²) in [5.41, 5.74) is 3.88. The molecule has 1 N–H and O–H groups in total. The van der Waals surface area contributed by atoms with Gasteiger partial charge < -0.3 is 14.5 Å². The van der Waals surface area contributed by atoms with Crippen molar-refractivity contribution in [1.29, 1.82) is 0 Å². The summed E-state index contributed by atoms with van der Waals surface area (Å²) >= 11 is 7.35. The number of rotatable bonds is 5. The van der Waals surface area contributed by atoms with Crippen molar-refractivity contribution < 1.29 is 14.3 Å². The summed E-state index contributed by atoms with van der Waals surface area (Å²) in [5, 5.41) is 3.89. The normalized spacial score (nSPS) is 11.0. The largest absolute Gasteiger partial charge is 0.462 e. The fourth-order valence-electron chi connectivity index (χ4n) is 3.36. The summed E-state index contributed by atoms with van der Waals surface area (Å²) in [7, 11) is 0. The van der Waals surface area contributed by atoms with Gasteiger partial charge in [0.25, 0.3) is 5.91 Å². The monoisotopic (exact) mass is 453 g/mol. The predicted molar refractivity (Wildman–Crippen MR) is 123 cm³/mol. The number of halogens is 1. The maximum atomic E-state index is 13.0. The average Bonchev–Trinajstić information content (AvgIpc) is 3.29. The Morgan fingerprint density at radius 3 is 2.65 bits per heavy atom. The number of anilines is 1. The number of nitrogens with one attached hydrogen (secondary N) is 1. The number of carbonyl (C=O) groups is 2. The van der Waals surface area contributed by atoms with Crippen LogP contribution in [-0.4, -0.2) is 27.9 Å². The highest BCUT2D eigenvalue weighted by Crippen LogP contribution is 2.40. The number of thiophene rings is 1. The molecule has 0 aliphatic carbocycles. The Bertz CT molecular complexity index is 1290. The molecule has 0 bridgehead atoms. The van der Waals surface area contributed by atoms with E-state index in [2.05, 4.69) is 10.3 Å². The number of amides is 1. The predicted octanol–water partition coefficient (Wildman–Crippen LogP) is 5.76. The minimum absolute atomic E-state index is 0.229. The Hall–Kier alpha value is -3.16. The number of aromatic nitrogens is 2. The van der Waals surface area contributed by atoms with Crippen molar-refractivity contribution >= 4 is 45.5 Å². The highest BCUT2D eigenvalue weighted by Gasteiger charge is 2.26. The number of hydrogen-bond acceptors (Lipinski definition) is 5. The van der Waals surface area contributed by atoms with Gasteiger partial charge in [-0.3, -0.25) is 4.79 Å². The SMILES string of the molecule is CCOC(=O)c1c(NC(=O)c2cn3ccc(C)cc3n2)sc(C)c1-c1ccc(Cl)cc1. The molecule has 31 heavy (non-hydrogen) atoms. The third-order valence-corrected chi connectivity index (χ3v) is 6.04. The zero-order valence-corrected chi connectivity index (χ0v) is 18.8. The Morgan fingerprint density at radius 2 is 1.94 bits per heavy atom. The van der Waals surface area contributed by atoms with Crippen molar-refractivity contribution in [3.8, 4) is 11.1 Å². The number of imidazole rings is 1. The van der Waals surface area contributed by atoms with Crippen LogP contribution in [0.15, 0.2) is 48.8 Å². The Kier molecular flexibility index (Phi) is 5.80. The lowest BCUT2D eigenvalue weighted by Crippen LogP contribution is -2.15. The quantitative estimate of drug-likeness (QED) is 0.390. The second-order valence-corrected chi connectivity index (χ2v) is 8.68. The van der Waals surface area contributed by atoms with E-state index in [9.17, 15) is 9.59 Å². The lowest BCUT2D eigenvalue weighted by Gasteiger charge is -2.09. The van der Waals surface area contributed by atoms with Gasteiger partial charge in [0.15, 0.2) is 0 Å². The summed E-state index contributed by atoms with van der Waals surface area (Å²) in [5.74, 6) is -0.881. The maximum absolute atomic E-state index is 13.0. The number of pyridine rings is 1. The maximum Gasteiger partial charge on any atom is 0.341 e. The third kappa shape index (κ3) is 4.19. The van der Waals surface area contributed by atoms with E-state index in [4.69, 9.17) is 16.3 Å². The number of benzene rings is 1. The molecule has 0 spiro atoms. The van der Waals surface area contributed by atoms with Crippen LogP contribution in [0.4, 0.5) is 5.00 Å². The molecule has 158 valence electrons. The van der Waals surface area contributed by atoms with Gasteiger partial charge in [0.2, 0.25) is 0 Å². The molecule has 1 aromatic carbocycles. The second kappa shape index (κ2) is 8.53. The van der Waals surface area contributed by atoms with Crippen LogP contribution < -0.4 is 5.32 Å². The molecular weight excluding hydrogens is 434 g/mol. The van der Waals surface area contributed by atoms with Gasteiger partial charge in [-0.1, -0.05) is 23.7 Å². The van der Waals surface area contributed by atoms with E-state index in [1.807, 2.05) is 44.3 Å². The zero-order chi connectivity index (χ0) is 22.1. The summed E-state index contributed by atoms with van der Waals surface area (Å²) in [6.45, 7) is 5.84. The summed E-state index contributed by atoms with van der Waals surface area (Å²) in [6, 6.07) is 11.1. The van der Waals surface area contributed by atoms with E-state index in [-0.39, 0.29) is 12.3 Å². The second-order valence-electron chi connectivity index (χ2n) is 7.01. The minimum atomic E-state index is -0.488. The standard InChI is InChI=1S/C23H20ClN3O3S/c1-4-30-23(29)20-19(15-5-7-16(24)8-6-15)14(3)31-22(20)26-21(28)17-12-27-10-9-13(2)11-18(27)25-17/h5-12H,4H2,1-3H3,(H,26,28). The number of fused-ring (bicyclic) bond motifs is 1. The molecule has 3 heterocycles. The summed E-state index contributed by atoms with van der Waals surface area (Å²) in [4.78, 5) is 31.1. The highest BCUT2D eigenvalue weighted by atomic mass is 35.5. The molecule has 0 saturated carbocycles. The van der Waals surface area contributed by atoms with Gasteiger partial charge in [-0.05, 0) is 56.2 Å². The minimum Gasteiger partial charge on any atom is -0.462 e. The van der Waals surface area contributed by atoms with Crippen molar-refractivity contribution in [2.24, 2.45) is 0 Å². The van der Waals surface area contributed by atoms with Gasteiger partial charge in [0.05, 0.1) is 6.61 Å². The molecular formula is C23H20ClN3O3S. The lowest BCUT2D eigenvalue weighted by molar-refractivity contribution is 0.0529. The zero-order valence-electron chi connectivity index (χ0n) is 17.2. The van der Waals surface area contributed by atoms with Crippen molar-refractivity contribution in [2.75, 3.05) is 11.9 Å². The Balaban J connectivity index is 1.74. The van der Waals surface area contributed by atoms with Crippen LogP contribution in [0.25, 0.3) is 16.8 Å². The highest BCUT2D eigenvalue weighted by molar-refractivity contribution is 7.17. The van der Waals surface area contributed by atoms with E-state index in [1.54, 1.807) is 29.7 Å². The first-order chi connectivity index (χ1) is 14.9. The molecule has 4 rings (SSSR count). The van der Waals surface area contributed by atoms with Gasteiger partial charge in [0, 0.05) is 27.9 Å². The van der Waals surface area contributed by atoms with E-state index >= 15 is 0 Å². The molecule has 1 amide bonds. The van der Waals surface area contributed by atoms with Crippen LogP contribution in [0, 0.1) is 13.8 Å². The van der Waals surface area contributed by atoms with E-state index in [0.717, 1.165) is 21.6 Å². The molecule has 4 aromatic rings. The molecule has 0 aliphatic rings. The molecule has 0 saturated heterocycles. The van der Waals surface area contributed by atoms with Gasteiger partial charge >= 0.3 is 5.97 Å². The van der Waals surface area contributed by atoms with Gasteiger partial charge in [0.1, 0.15) is 21.9 Å². The Labute approximate surface area is 188 Å². The number of hydrogen-bond donors (Lipinski definition) is 1. The smallest absolute Gasteiger partial charge is 0.341 e. The van der Waals surface area contributed by atoms with Crippen LogP contribution >= 0.6 is 22.9 Å². The number of aryl methyl sites for hydroxylation is 2. The molecule has 6 nitrogen and oxygen atoms in total. The molecule has 8 heteroatoms. The summed E-state index contributed by atoms with van der Waals surface area (Å²) in [6.07, 6.45) is 3.52. The van der Waals surface area contributed by atoms with Gasteiger partial charge in [-0.2, -0.15) is 0 Å². The van der Waals surface area contributed by atoms with Crippen molar-refractivity contribution in [3.63, 3.8) is 0 Å². The van der Waals surface area contributed by atoms with Crippen LogP contribution in [0.1, 0.15) is 38.2 Å². The molecule has 0 atom stereocenters. The molecule has 0 aliphatic heterocycles. The number of carbonyl (C=O) groups excluding carboxylic acids is 2. The first-order valence-corrected chi connectivity index (χ1v) is 10.9. The number of ether oxygens (including phenoxy) is 1. The van der Waals surface area contributed by atoms with Crippen LogP contribution in [0.2, 0.25) is 5.02 Å². The molecule has 0 radical (unpaired) electrons. The molecule has 3 aromatic heterocycles. The molecule has 0 fully saturated rings. The first-order valence-electron chi connectivity index (χ1n) is 9.70. The number of esters is 1. The molecule has 0 unspecified atom stereocenters. The first kappa shape index (κ1) is 21.1. The Morgan fingerprint density at radius 1 is 1.19 bits per heavy atom. The van der Waals surface area contributed by atoms with Gasteiger partial charge in [-0.15, -0.1) is 11.3 Å². The fraction of sp³-hybridized carbons (Fsp3) is 0.174. The summed E-state index contributed by atoms with van der Waals surface area (Å²) < 4.78 is 7.07. The van der Waals surface area contributed by atoms with E-state index in [1.165, 1.54) is 11.3 Å². The van der Waals surface area contributed by atoms with E-state index in [0.29, 0.717) is 21.2 Å². The van der Waals surface area contributed by atoms with Gasteiger partial charge in [-0.25, -0.2) is 9.78 Å². The fourth-order valence-corrected chi connectivity index (χ4v) is 4.54. The van der Waals surface area contributed by atoms with Crippen LogP contribution in [-0.2, 0) is 4.74 Å². The van der Waals surface area contributed by atoms with Crippen molar-refractivity contribution in [2.45, 2.75) is 20.8 Å². The average molecular weight is 454 g/mol.